The Labute approximate surface area is 307 Å². The Bertz CT molecular complexity index is 2240. The molecule has 6 N–H and O–H groups in total. The molecule has 0 saturated heterocycles. The van der Waals surface area contributed by atoms with Crippen molar-refractivity contribution in [2.45, 2.75) is 53.4 Å². The standard InChI is InChI=1S/C42H56N8O2/c1-11-29-25(3)33-21-34-27(5)31(13-15-41(51)43-17-19-49(7)8)39(47-34)24-40-32(14-16-42(52)44-18-20-50(9)10)28(6)36(48-40)23-38-30(12-2)26(4)35(46-38)22-37(29)45-33/h11-12,21-24,45-48H,1-2,13-20H2,3-10H3,(H,43,51)(H,44,52). The topological polar surface area (TPSA) is 128 Å². The molecule has 5 heterocycles. The number of rotatable bonds is 14. The molecule has 1 aliphatic rings. The number of nitrogens with one attached hydrogen (secondary N) is 6. The first-order chi connectivity index (χ1) is 24.8. The zero-order valence-corrected chi connectivity index (χ0v) is 32.2. The Balaban J connectivity index is 1.71. The highest BCUT2D eigenvalue weighted by Gasteiger charge is 2.17. The fraction of sp³-hybridized carbons (Fsp3) is 0.381. The molecule has 8 bridgehead atoms. The van der Waals surface area contributed by atoms with Crippen molar-refractivity contribution in [3.63, 3.8) is 0 Å². The normalized spacial score (nSPS) is 12.2. The van der Waals surface area contributed by atoms with Crippen LogP contribution in [-0.4, -0.2) is 95.9 Å². The predicted octanol–water partition coefficient (Wildman–Crippen LogP) is 2.37. The quantitative estimate of drug-likeness (QED) is 0.106. The maximum Gasteiger partial charge on any atom is 0.220 e. The van der Waals surface area contributed by atoms with Crippen molar-refractivity contribution in [2.24, 2.45) is 0 Å². The number of nitrogens with zero attached hydrogens (tertiary/aromatic N) is 2. The molecule has 1 aliphatic heterocycles. The van der Waals surface area contributed by atoms with Crippen molar-refractivity contribution in [2.75, 3.05) is 54.4 Å². The maximum atomic E-state index is 13.0. The fourth-order valence-corrected chi connectivity index (χ4v) is 6.96. The largest absolute Gasteiger partial charge is 0.355 e. The Kier molecular flexibility index (Phi) is 12.1. The lowest BCUT2D eigenvalue weighted by Gasteiger charge is -2.10. The van der Waals surface area contributed by atoms with Gasteiger partial charge in [0.1, 0.15) is 0 Å². The van der Waals surface area contributed by atoms with E-state index in [0.717, 1.165) is 102 Å². The summed E-state index contributed by atoms with van der Waals surface area (Å²) in [6.45, 7) is 19.5. The van der Waals surface area contributed by atoms with Crippen LogP contribution in [-0.2, 0) is 22.4 Å². The first-order valence-electron chi connectivity index (χ1n) is 18.2. The van der Waals surface area contributed by atoms with Crippen LogP contribution < -0.4 is 32.0 Å². The number of amides is 2. The summed E-state index contributed by atoms with van der Waals surface area (Å²) in [5, 5.41) is 9.96. The summed E-state index contributed by atoms with van der Waals surface area (Å²) >= 11 is 0. The van der Waals surface area contributed by atoms with E-state index >= 15 is 0 Å². The third kappa shape index (κ3) is 8.52. The summed E-state index contributed by atoms with van der Waals surface area (Å²) in [7, 11) is 7.99. The summed E-state index contributed by atoms with van der Waals surface area (Å²) in [5.74, 6) is 0.0553. The van der Waals surface area contributed by atoms with Gasteiger partial charge in [0.15, 0.2) is 0 Å². The highest BCUT2D eigenvalue weighted by molar-refractivity contribution is 5.77. The molecule has 0 saturated carbocycles. The zero-order valence-electron chi connectivity index (χ0n) is 32.2. The lowest BCUT2D eigenvalue weighted by atomic mass is 10.0. The first-order valence-corrected chi connectivity index (χ1v) is 18.2. The minimum absolute atomic E-state index is 0.0272. The van der Waals surface area contributed by atoms with Crippen LogP contribution >= 0.6 is 0 Å². The van der Waals surface area contributed by atoms with Gasteiger partial charge in [0.25, 0.3) is 0 Å². The van der Waals surface area contributed by atoms with Gasteiger partial charge in [-0.15, -0.1) is 0 Å². The summed E-state index contributed by atoms with van der Waals surface area (Å²) in [6, 6.07) is 0. The van der Waals surface area contributed by atoms with Crippen molar-refractivity contribution in [1.82, 2.24) is 40.4 Å². The molecule has 0 fully saturated rings. The average molecular weight is 705 g/mol. The van der Waals surface area contributed by atoms with Crippen molar-refractivity contribution in [3.05, 3.63) is 102 Å². The number of fused-ring (bicyclic) bond motifs is 8. The van der Waals surface area contributed by atoms with Gasteiger partial charge in [-0.2, -0.15) is 0 Å². The van der Waals surface area contributed by atoms with Crippen molar-refractivity contribution >= 4 is 48.3 Å². The third-order valence-corrected chi connectivity index (χ3v) is 10.2. The highest BCUT2D eigenvalue weighted by atomic mass is 16.2. The monoisotopic (exact) mass is 704 g/mol. The molecule has 10 heteroatoms. The van der Waals surface area contributed by atoms with E-state index in [1.165, 1.54) is 0 Å². The van der Waals surface area contributed by atoms with E-state index in [9.17, 15) is 9.59 Å². The Morgan fingerprint density at radius 2 is 1.06 bits per heavy atom. The lowest BCUT2D eigenvalue weighted by Crippen LogP contribution is -2.31. The number of carbonyl (C=O) groups is 2. The molecule has 2 amide bonds. The second kappa shape index (κ2) is 16.5. The molecule has 4 aromatic heterocycles. The molecule has 5 rings (SSSR count). The van der Waals surface area contributed by atoms with Gasteiger partial charge in [-0.25, -0.2) is 0 Å². The van der Waals surface area contributed by atoms with Gasteiger partial charge in [-0.1, -0.05) is 25.3 Å². The van der Waals surface area contributed by atoms with Gasteiger partial charge < -0.3 is 40.4 Å². The molecular formula is C42H56N8O2. The van der Waals surface area contributed by atoms with Gasteiger partial charge in [0.2, 0.25) is 11.8 Å². The number of hydrogen-bond donors (Lipinski definition) is 6. The van der Waals surface area contributed by atoms with E-state index in [-0.39, 0.29) is 11.8 Å². The molecule has 4 aromatic rings. The molecule has 276 valence electrons. The highest BCUT2D eigenvalue weighted by Crippen LogP contribution is 2.23. The van der Waals surface area contributed by atoms with E-state index in [1.807, 2.05) is 40.3 Å². The van der Waals surface area contributed by atoms with Crippen LogP contribution in [0.5, 0.6) is 0 Å². The van der Waals surface area contributed by atoms with Gasteiger partial charge in [0.05, 0.1) is 0 Å². The third-order valence-electron chi connectivity index (χ3n) is 10.2. The summed E-state index contributed by atoms with van der Waals surface area (Å²) in [5.41, 5.74) is 12.5. The van der Waals surface area contributed by atoms with Crippen LogP contribution in [0.25, 0.3) is 36.5 Å². The second-order valence-corrected chi connectivity index (χ2v) is 14.4. The minimum Gasteiger partial charge on any atom is -0.355 e. The molecule has 0 aliphatic carbocycles. The van der Waals surface area contributed by atoms with Crippen molar-refractivity contribution < 1.29 is 9.59 Å². The lowest BCUT2D eigenvalue weighted by molar-refractivity contribution is -0.121. The summed E-state index contributed by atoms with van der Waals surface area (Å²) < 4.78 is 0. The first kappa shape index (κ1) is 38.2. The van der Waals surface area contributed by atoms with Crippen LogP contribution in [0.2, 0.25) is 0 Å². The summed E-state index contributed by atoms with van der Waals surface area (Å²) in [6.07, 6.45) is 14.3. The minimum atomic E-state index is 0.0272. The fourth-order valence-electron chi connectivity index (χ4n) is 6.96. The molecule has 10 nitrogen and oxygen atoms in total. The van der Waals surface area contributed by atoms with Crippen LogP contribution in [0, 0.1) is 27.7 Å². The van der Waals surface area contributed by atoms with Crippen LogP contribution in [0.15, 0.2) is 13.2 Å². The Hall–Kier alpha value is -5.06. The van der Waals surface area contributed by atoms with Gasteiger partial charge >= 0.3 is 0 Å². The summed E-state index contributed by atoms with van der Waals surface area (Å²) in [4.78, 5) is 44.8. The molecule has 0 atom stereocenters. The smallest absolute Gasteiger partial charge is 0.220 e. The number of aromatic amines is 4. The van der Waals surface area contributed by atoms with E-state index in [1.54, 1.807) is 0 Å². The number of aromatic nitrogens is 4. The number of hydrogen-bond acceptors (Lipinski definition) is 4. The van der Waals surface area contributed by atoms with E-state index in [0.29, 0.717) is 38.8 Å². The predicted molar refractivity (Wildman–Crippen MR) is 215 cm³/mol. The molecule has 0 unspecified atom stereocenters. The SMILES string of the molecule is C=Cc1c2[nH]c(c1C)C=c1[nH]c(c(CCC(=O)NCCN(C)C)c1C)=Cc1[nH]c(c(C)c1CCC(=O)NCCN(C)C)C=c1[nH]c(c(C)c1C=C)=C2. The number of carbonyl (C=O) groups excluding carboxylic acids is 2. The van der Waals surface area contributed by atoms with Gasteiger partial charge in [0, 0.05) is 94.3 Å². The van der Waals surface area contributed by atoms with Crippen LogP contribution in [0.1, 0.15) is 80.1 Å². The van der Waals surface area contributed by atoms with Gasteiger partial charge in [-0.05, 0) is 126 Å². The molecule has 0 aromatic carbocycles. The molecule has 0 spiro atoms. The van der Waals surface area contributed by atoms with E-state index in [2.05, 4.69) is 106 Å². The Morgan fingerprint density at radius 1 is 0.577 bits per heavy atom. The van der Waals surface area contributed by atoms with Gasteiger partial charge in [-0.3, -0.25) is 9.59 Å². The molecule has 52 heavy (non-hydrogen) atoms. The number of likely N-dealkylation sites (N-methyl/N-ethyl adjacent to an activating group) is 2. The maximum absolute atomic E-state index is 13.0. The second-order valence-electron chi connectivity index (χ2n) is 14.4. The van der Waals surface area contributed by atoms with Crippen molar-refractivity contribution in [3.8, 4) is 0 Å². The van der Waals surface area contributed by atoms with Crippen LogP contribution in [0.3, 0.4) is 0 Å². The average Bonchev–Trinajstić information content (AvgIpc) is 3.75. The Morgan fingerprint density at radius 3 is 1.65 bits per heavy atom. The van der Waals surface area contributed by atoms with Crippen molar-refractivity contribution in [1.29, 1.82) is 0 Å². The number of H-pyrrole nitrogens is 4. The molecular weight excluding hydrogens is 649 g/mol. The molecule has 0 radical (unpaired) electrons. The van der Waals surface area contributed by atoms with Crippen LogP contribution in [0.4, 0.5) is 0 Å². The van der Waals surface area contributed by atoms with E-state index in [4.69, 9.17) is 0 Å². The zero-order chi connectivity index (χ0) is 37.7. The van der Waals surface area contributed by atoms with E-state index < -0.39 is 0 Å².